The molecule has 4 heteroatoms. The van der Waals surface area contributed by atoms with Crippen LogP contribution >= 0.6 is 0 Å². The van der Waals surface area contributed by atoms with Crippen molar-refractivity contribution in [1.29, 1.82) is 0 Å². The first-order valence-corrected chi connectivity index (χ1v) is 6.16. The molecule has 4 nitrogen and oxygen atoms in total. The Bertz CT molecular complexity index is 470. The van der Waals surface area contributed by atoms with Crippen LogP contribution in [0.4, 0.5) is 0 Å². The molecule has 1 saturated heterocycles. The van der Waals surface area contributed by atoms with Crippen molar-refractivity contribution >= 4 is 11.9 Å². The zero-order valence-corrected chi connectivity index (χ0v) is 10.4. The molecule has 0 aliphatic carbocycles. The number of carboxylic acid groups (broad SMARTS) is 1. The van der Waals surface area contributed by atoms with Crippen molar-refractivity contribution in [3.8, 4) is 0 Å². The van der Waals surface area contributed by atoms with E-state index in [1.807, 2.05) is 31.2 Å². The van der Waals surface area contributed by atoms with Gasteiger partial charge in [0.05, 0.1) is 0 Å². The Balaban J connectivity index is 2.18. The van der Waals surface area contributed by atoms with Crippen LogP contribution in [0.25, 0.3) is 0 Å². The average molecular weight is 247 g/mol. The van der Waals surface area contributed by atoms with E-state index in [1.54, 1.807) is 0 Å². The third-order valence-electron chi connectivity index (χ3n) is 3.29. The maximum Gasteiger partial charge on any atom is 0.326 e. The minimum Gasteiger partial charge on any atom is -0.480 e. The largest absolute Gasteiger partial charge is 0.480 e. The standard InChI is InChI=1S/C14H17NO3/c1-10-4-2-5-11(8-10)9-15-12(14(17)18)6-3-7-13(15)16/h2,4-5,8,12H,3,6-7,9H2,1H3,(H,17,18)/t12-/m1/s1. The van der Waals surface area contributed by atoms with E-state index in [0.29, 0.717) is 25.8 Å². The first kappa shape index (κ1) is 12.6. The normalized spacial score (nSPS) is 19.9. The number of carbonyl (C=O) groups excluding carboxylic acids is 1. The van der Waals surface area contributed by atoms with E-state index in [1.165, 1.54) is 4.90 Å². The molecular formula is C14H17NO3. The van der Waals surface area contributed by atoms with Gasteiger partial charge < -0.3 is 10.0 Å². The number of amides is 1. The number of carboxylic acids is 1. The second-order valence-corrected chi connectivity index (χ2v) is 4.76. The summed E-state index contributed by atoms with van der Waals surface area (Å²) in [6.07, 6.45) is 1.67. The zero-order chi connectivity index (χ0) is 13.1. The van der Waals surface area contributed by atoms with Gasteiger partial charge in [-0.3, -0.25) is 4.79 Å². The molecular weight excluding hydrogens is 230 g/mol. The van der Waals surface area contributed by atoms with Gasteiger partial charge in [0, 0.05) is 13.0 Å². The number of benzene rings is 1. The summed E-state index contributed by atoms with van der Waals surface area (Å²) in [5, 5.41) is 9.17. The van der Waals surface area contributed by atoms with Gasteiger partial charge in [-0.05, 0) is 25.3 Å². The number of aliphatic carboxylic acids is 1. The van der Waals surface area contributed by atoms with Crippen molar-refractivity contribution < 1.29 is 14.7 Å². The number of likely N-dealkylation sites (tertiary alicyclic amines) is 1. The van der Waals surface area contributed by atoms with Crippen LogP contribution in [0.3, 0.4) is 0 Å². The van der Waals surface area contributed by atoms with Gasteiger partial charge in [0.25, 0.3) is 0 Å². The summed E-state index contributed by atoms with van der Waals surface area (Å²) < 4.78 is 0. The number of rotatable bonds is 3. The molecule has 1 heterocycles. The van der Waals surface area contributed by atoms with Crippen LogP contribution in [0.2, 0.25) is 0 Å². The molecule has 0 saturated carbocycles. The van der Waals surface area contributed by atoms with E-state index in [9.17, 15) is 9.59 Å². The fourth-order valence-electron chi connectivity index (χ4n) is 2.38. The van der Waals surface area contributed by atoms with Gasteiger partial charge in [-0.15, -0.1) is 0 Å². The van der Waals surface area contributed by atoms with Gasteiger partial charge in [0.2, 0.25) is 5.91 Å². The highest BCUT2D eigenvalue weighted by Crippen LogP contribution is 2.21. The minimum atomic E-state index is -0.907. The van der Waals surface area contributed by atoms with Crippen LogP contribution in [-0.4, -0.2) is 27.9 Å². The lowest BCUT2D eigenvalue weighted by atomic mass is 10.0. The first-order valence-electron chi connectivity index (χ1n) is 6.16. The lowest BCUT2D eigenvalue weighted by molar-refractivity contribution is -0.153. The molecule has 0 spiro atoms. The summed E-state index contributed by atoms with van der Waals surface area (Å²) in [7, 11) is 0. The third-order valence-corrected chi connectivity index (χ3v) is 3.29. The first-order chi connectivity index (χ1) is 8.58. The maximum atomic E-state index is 11.9. The molecule has 1 atom stereocenters. The molecule has 1 aliphatic rings. The molecule has 1 aromatic carbocycles. The van der Waals surface area contributed by atoms with Gasteiger partial charge >= 0.3 is 5.97 Å². The second-order valence-electron chi connectivity index (χ2n) is 4.76. The van der Waals surface area contributed by atoms with Gasteiger partial charge in [0.1, 0.15) is 6.04 Å². The Morgan fingerprint density at radius 2 is 2.28 bits per heavy atom. The van der Waals surface area contributed by atoms with E-state index in [4.69, 9.17) is 5.11 Å². The lowest BCUT2D eigenvalue weighted by Gasteiger charge is -2.33. The SMILES string of the molecule is Cc1cccc(CN2C(=O)CCC[C@@H]2C(=O)O)c1. The van der Waals surface area contributed by atoms with Crippen LogP contribution in [0, 0.1) is 6.92 Å². The quantitative estimate of drug-likeness (QED) is 0.888. The highest BCUT2D eigenvalue weighted by atomic mass is 16.4. The molecule has 96 valence electrons. The minimum absolute atomic E-state index is 0.0600. The van der Waals surface area contributed by atoms with E-state index < -0.39 is 12.0 Å². The summed E-state index contributed by atoms with van der Waals surface area (Å²) in [5.41, 5.74) is 2.10. The zero-order valence-electron chi connectivity index (χ0n) is 10.4. The molecule has 1 aliphatic heterocycles. The maximum absolute atomic E-state index is 11.9. The molecule has 1 fully saturated rings. The van der Waals surface area contributed by atoms with Crippen LogP contribution in [0.1, 0.15) is 30.4 Å². The molecule has 0 radical (unpaired) electrons. The predicted octanol–water partition coefficient (Wildman–Crippen LogP) is 1.96. The average Bonchev–Trinajstić information content (AvgIpc) is 2.31. The third kappa shape index (κ3) is 2.70. The summed E-state index contributed by atoms with van der Waals surface area (Å²) >= 11 is 0. The molecule has 1 N–H and O–H groups in total. The molecule has 1 amide bonds. The second kappa shape index (κ2) is 5.21. The van der Waals surface area contributed by atoms with Crippen molar-refractivity contribution in [3.05, 3.63) is 35.4 Å². The van der Waals surface area contributed by atoms with Crippen molar-refractivity contribution in [1.82, 2.24) is 4.90 Å². The molecule has 0 unspecified atom stereocenters. The Morgan fingerprint density at radius 1 is 1.50 bits per heavy atom. The number of piperidine rings is 1. The fourth-order valence-corrected chi connectivity index (χ4v) is 2.38. The topological polar surface area (TPSA) is 57.6 Å². The van der Waals surface area contributed by atoms with Crippen LogP contribution in [-0.2, 0) is 16.1 Å². The molecule has 0 bridgehead atoms. The predicted molar refractivity (Wildman–Crippen MR) is 67.0 cm³/mol. The smallest absolute Gasteiger partial charge is 0.326 e. The van der Waals surface area contributed by atoms with Gasteiger partial charge in [-0.2, -0.15) is 0 Å². The molecule has 0 aromatic heterocycles. The van der Waals surface area contributed by atoms with E-state index in [-0.39, 0.29) is 5.91 Å². The van der Waals surface area contributed by atoms with E-state index in [0.717, 1.165) is 11.1 Å². The Morgan fingerprint density at radius 3 is 2.94 bits per heavy atom. The number of carbonyl (C=O) groups is 2. The summed E-state index contributed by atoms with van der Waals surface area (Å²) in [4.78, 5) is 24.5. The number of hydrogen-bond donors (Lipinski definition) is 1. The van der Waals surface area contributed by atoms with Crippen molar-refractivity contribution in [2.24, 2.45) is 0 Å². The highest BCUT2D eigenvalue weighted by Gasteiger charge is 2.32. The summed E-state index contributed by atoms with van der Waals surface area (Å²) in [6, 6.07) is 7.14. The summed E-state index contributed by atoms with van der Waals surface area (Å²) in [5.74, 6) is -0.967. The van der Waals surface area contributed by atoms with Gasteiger partial charge in [-0.1, -0.05) is 29.8 Å². The summed E-state index contributed by atoms with van der Waals surface area (Å²) in [6.45, 7) is 2.37. The van der Waals surface area contributed by atoms with Crippen LogP contribution < -0.4 is 0 Å². The molecule has 1 aromatic rings. The van der Waals surface area contributed by atoms with Crippen LogP contribution in [0.15, 0.2) is 24.3 Å². The van der Waals surface area contributed by atoms with Crippen molar-refractivity contribution in [2.75, 3.05) is 0 Å². The van der Waals surface area contributed by atoms with E-state index >= 15 is 0 Å². The lowest BCUT2D eigenvalue weighted by Crippen LogP contribution is -2.47. The molecule has 18 heavy (non-hydrogen) atoms. The monoisotopic (exact) mass is 247 g/mol. The highest BCUT2D eigenvalue weighted by molar-refractivity contribution is 5.84. The van der Waals surface area contributed by atoms with Gasteiger partial charge in [-0.25, -0.2) is 4.79 Å². The van der Waals surface area contributed by atoms with Crippen LogP contribution in [0.5, 0.6) is 0 Å². The van der Waals surface area contributed by atoms with Gasteiger partial charge in [0.15, 0.2) is 0 Å². The van der Waals surface area contributed by atoms with Crippen molar-refractivity contribution in [3.63, 3.8) is 0 Å². The number of aryl methyl sites for hydroxylation is 1. The number of nitrogens with zero attached hydrogens (tertiary/aromatic N) is 1. The fraction of sp³-hybridized carbons (Fsp3) is 0.429. The Kier molecular flexibility index (Phi) is 3.65. The Hall–Kier alpha value is -1.84. The molecule has 2 rings (SSSR count). The van der Waals surface area contributed by atoms with E-state index in [2.05, 4.69) is 0 Å². The number of hydrogen-bond acceptors (Lipinski definition) is 2. The van der Waals surface area contributed by atoms with Crippen molar-refractivity contribution in [2.45, 2.75) is 38.8 Å². The Labute approximate surface area is 106 Å².